The number of halogens is 2. The number of rotatable bonds is 8. The summed E-state index contributed by atoms with van der Waals surface area (Å²) in [5.74, 6) is -1.45. The minimum atomic E-state index is -2.91. The summed E-state index contributed by atoms with van der Waals surface area (Å²) in [6.45, 7) is -1.48. The van der Waals surface area contributed by atoms with Gasteiger partial charge in [-0.05, 0) is 36.2 Å². The van der Waals surface area contributed by atoms with Crippen LogP contribution in [0.4, 0.5) is 14.5 Å². The van der Waals surface area contributed by atoms with Crippen LogP contribution >= 0.6 is 0 Å². The molecule has 0 saturated carbocycles. The normalized spacial score (nSPS) is 11.7. The predicted octanol–water partition coefficient (Wildman–Crippen LogP) is 3.96. The van der Waals surface area contributed by atoms with Gasteiger partial charge in [-0.1, -0.05) is 37.3 Å². The van der Waals surface area contributed by atoms with E-state index in [4.69, 9.17) is 4.74 Å². The summed E-state index contributed by atoms with van der Waals surface area (Å²) in [7, 11) is 0. The van der Waals surface area contributed by atoms with Gasteiger partial charge in [0.1, 0.15) is 5.75 Å². The molecule has 1 amide bonds. The minimum Gasteiger partial charge on any atom is -0.455 e. The Balaban J connectivity index is 1.85. The first-order valence-electron chi connectivity index (χ1n) is 8.06. The van der Waals surface area contributed by atoms with Crippen molar-refractivity contribution in [3.05, 3.63) is 60.2 Å². The van der Waals surface area contributed by atoms with Crippen LogP contribution in [0.1, 0.15) is 24.8 Å². The van der Waals surface area contributed by atoms with Crippen LogP contribution in [0.5, 0.6) is 5.75 Å². The number of anilines is 1. The number of amides is 1. The second-order valence-corrected chi connectivity index (χ2v) is 5.43. The smallest absolute Gasteiger partial charge is 0.387 e. The Morgan fingerprint density at radius 3 is 2.27 bits per heavy atom. The van der Waals surface area contributed by atoms with E-state index in [1.54, 1.807) is 0 Å². The van der Waals surface area contributed by atoms with Crippen LogP contribution in [0.25, 0.3) is 0 Å². The molecule has 138 valence electrons. The highest BCUT2D eigenvalue weighted by atomic mass is 19.3. The van der Waals surface area contributed by atoms with Gasteiger partial charge in [0.2, 0.25) is 0 Å². The molecule has 5 nitrogen and oxygen atoms in total. The van der Waals surface area contributed by atoms with Gasteiger partial charge in [-0.2, -0.15) is 8.78 Å². The first-order valence-corrected chi connectivity index (χ1v) is 8.06. The lowest BCUT2D eigenvalue weighted by Gasteiger charge is -2.14. The monoisotopic (exact) mass is 363 g/mol. The van der Waals surface area contributed by atoms with Crippen molar-refractivity contribution in [2.24, 2.45) is 0 Å². The van der Waals surface area contributed by atoms with Crippen LogP contribution < -0.4 is 10.1 Å². The highest BCUT2D eigenvalue weighted by Crippen LogP contribution is 2.21. The fraction of sp³-hybridized carbons (Fsp3) is 0.263. The molecular weight excluding hydrogens is 344 g/mol. The molecule has 0 heterocycles. The van der Waals surface area contributed by atoms with Crippen molar-refractivity contribution in [3.8, 4) is 5.75 Å². The van der Waals surface area contributed by atoms with E-state index < -0.39 is 31.0 Å². The van der Waals surface area contributed by atoms with Gasteiger partial charge in [0.25, 0.3) is 5.91 Å². The van der Waals surface area contributed by atoms with Gasteiger partial charge in [0, 0.05) is 5.69 Å². The fourth-order valence-corrected chi connectivity index (χ4v) is 2.38. The van der Waals surface area contributed by atoms with E-state index in [1.165, 1.54) is 24.3 Å². The molecule has 0 fully saturated rings. The summed E-state index contributed by atoms with van der Waals surface area (Å²) in [5, 5.41) is 2.52. The van der Waals surface area contributed by atoms with E-state index in [2.05, 4.69) is 10.1 Å². The second-order valence-electron chi connectivity index (χ2n) is 5.43. The van der Waals surface area contributed by atoms with Crippen molar-refractivity contribution < 1.29 is 27.8 Å². The van der Waals surface area contributed by atoms with Crippen LogP contribution in [0.3, 0.4) is 0 Å². The number of ether oxygens (including phenoxy) is 2. The van der Waals surface area contributed by atoms with Crippen molar-refractivity contribution in [1.29, 1.82) is 0 Å². The average Bonchev–Trinajstić information content (AvgIpc) is 2.63. The van der Waals surface area contributed by atoms with Gasteiger partial charge in [-0.25, -0.2) is 0 Å². The number of benzene rings is 2. The zero-order valence-corrected chi connectivity index (χ0v) is 14.2. The zero-order valence-electron chi connectivity index (χ0n) is 14.2. The third kappa shape index (κ3) is 5.84. The number of carbonyl (C=O) groups is 2. The van der Waals surface area contributed by atoms with Gasteiger partial charge in [-0.3, -0.25) is 9.59 Å². The summed E-state index contributed by atoms with van der Waals surface area (Å²) in [6, 6.07) is 14.6. The highest BCUT2D eigenvalue weighted by Gasteiger charge is 2.21. The quantitative estimate of drug-likeness (QED) is 0.721. The molecule has 0 radical (unpaired) electrons. The van der Waals surface area contributed by atoms with E-state index in [-0.39, 0.29) is 5.75 Å². The lowest BCUT2D eigenvalue weighted by atomic mass is 9.97. The summed E-state index contributed by atoms with van der Waals surface area (Å²) >= 11 is 0. The number of esters is 1. The van der Waals surface area contributed by atoms with Crippen LogP contribution in [0.2, 0.25) is 0 Å². The van der Waals surface area contributed by atoms with E-state index in [1.807, 2.05) is 37.3 Å². The van der Waals surface area contributed by atoms with Crippen molar-refractivity contribution in [2.45, 2.75) is 25.9 Å². The van der Waals surface area contributed by atoms with Crippen LogP contribution in [-0.4, -0.2) is 25.1 Å². The molecule has 0 bridgehead atoms. The zero-order chi connectivity index (χ0) is 18.9. The number of hydrogen-bond acceptors (Lipinski definition) is 4. The molecule has 1 N–H and O–H groups in total. The van der Waals surface area contributed by atoms with Gasteiger partial charge in [0.15, 0.2) is 6.61 Å². The summed E-state index contributed by atoms with van der Waals surface area (Å²) in [5.41, 5.74) is 1.21. The Morgan fingerprint density at radius 2 is 1.69 bits per heavy atom. The van der Waals surface area contributed by atoms with Crippen LogP contribution in [0.15, 0.2) is 54.6 Å². The van der Waals surface area contributed by atoms with Crippen molar-refractivity contribution in [2.75, 3.05) is 11.9 Å². The molecule has 0 aliphatic heterocycles. The van der Waals surface area contributed by atoms with E-state index in [9.17, 15) is 18.4 Å². The number of hydrogen-bond donors (Lipinski definition) is 1. The number of alkyl halides is 2. The molecule has 0 saturated heterocycles. The Bertz CT molecular complexity index is 720. The number of nitrogens with one attached hydrogen (secondary N) is 1. The molecule has 0 aliphatic carbocycles. The maximum absolute atomic E-state index is 12.2. The van der Waals surface area contributed by atoms with Gasteiger partial charge >= 0.3 is 12.6 Å². The molecule has 2 aromatic rings. The molecule has 0 spiro atoms. The lowest BCUT2D eigenvalue weighted by Crippen LogP contribution is -2.23. The Labute approximate surface area is 149 Å². The SMILES string of the molecule is CCC(C(=O)OCC(=O)Nc1ccc(OC(F)F)cc1)c1ccccc1. The van der Waals surface area contributed by atoms with E-state index >= 15 is 0 Å². The third-order valence-electron chi connectivity index (χ3n) is 3.60. The molecule has 2 rings (SSSR count). The van der Waals surface area contributed by atoms with Crippen molar-refractivity contribution in [1.82, 2.24) is 0 Å². The van der Waals surface area contributed by atoms with E-state index in [0.717, 1.165) is 5.56 Å². The lowest BCUT2D eigenvalue weighted by molar-refractivity contribution is -0.149. The number of carbonyl (C=O) groups excluding carboxylic acids is 2. The molecular formula is C19H19F2NO4. The Kier molecular flexibility index (Phi) is 7.08. The van der Waals surface area contributed by atoms with Crippen LogP contribution in [-0.2, 0) is 14.3 Å². The predicted molar refractivity (Wildman–Crippen MR) is 92.1 cm³/mol. The standard InChI is InChI=1S/C19H19F2NO4/c1-2-16(13-6-4-3-5-7-13)18(24)25-12-17(23)22-14-8-10-15(11-9-14)26-19(20)21/h3-11,16,19H,2,12H2,1H3,(H,22,23). The van der Waals surface area contributed by atoms with Gasteiger partial charge in [-0.15, -0.1) is 0 Å². The largest absolute Gasteiger partial charge is 0.455 e. The first kappa shape index (κ1) is 19.4. The Hall–Kier alpha value is -2.96. The molecule has 26 heavy (non-hydrogen) atoms. The molecule has 1 unspecified atom stereocenters. The van der Waals surface area contributed by atoms with Crippen LogP contribution in [0, 0.1) is 0 Å². The van der Waals surface area contributed by atoms with Gasteiger partial charge < -0.3 is 14.8 Å². The average molecular weight is 363 g/mol. The third-order valence-corrected chi connectivity index (χ3v) is 3.60. The maximum atomic E-state index is 12.2. The molecule has 2 aromatic carbocycles. The molecule has 0 aliphatic rings. The first-order chi connectivity index (χ1) is 12.5. The van der Waals surface area contributed by atoms with Gasteiger partial charge in [0.05, 0.1) is 5.92 Å². The van der Waals surface area contributed by atoms with Crippen molar-refractivity contribution >= 4 is 17.6 Å². The highest BCUT2D eigenvalue weighted by molar-refractivity contribution is 5.93. The van der Waals surface area contributed by atoms with Crippen molar-refractivity contribution in [3.63, 3.8) is 0 Å². The fourth-order valence-electron chi connectivity index (χ4n) is 2.38. The molecule has 7 heteroatoms. The summed E-state index contributed by atoms with van der Waals surface area (Å²) in [4.78, 5) is 24.1. The Morgan fingerprint density at radius 1 is 1.04 bits per heavy atom. The topological polar surface area (TPSA) is 64.6 Å². The summed E-state index contributed by atoms with van der Waals surface area (Å²) in [6.07, 6.45) is 0.552. The minimum absolute atomic E-state index is 0.0157. The van der Waals surface area contributed by atoms with E-state index in [0.29, 0.717) is 12.1 Å². The molecule has 0 aromatic heterocycles. The molecule has 1 atom stereocenters. The second kappa shape index (κ2) is 9.50. The maximum Gasteiger partial charge on any atom is 0.387 e. The summed E-state index contributed by atoms with van der Waals surface area (Å²) < 4.78 is 33.5.